The third kappa shape index (κ3) is 2.83. The van der Waals surface area contributed by atoms with E-state index in [1.165, 1.54) is 0 Å². The van der Waals surface area contributed by atoms with Crippen molar-refractivity contribution >= 4 is 40.2 Å². The number of carbonyl (C=O) groups is 2. The number of aromatic nitrogens is 2. The summed E-state index contributed by atoms with van der Waals surface area (Å²) < 4.78 is 5.38. The Bertz CT molecular complexity index is 997. The number of hydrogen-bond donors (Lipinski definition) is 5. The van der Waals surface area contributed by atoms with Crippen LogP contribution in [0.3, 0.4) is 0 Å². The van der Waals surface area contributed by atoms with Gasteiger partial charge in [0.05, 0.1) is 16.7 Å². The summed E-state index contributed by atoms with van der Waals surface area (Å²) in [6, 6.07) is 10.1. The zero-order valence-corrected chi connectivity index (χ0v) is 12.8. The largest absolute Gasteiger partial charge is 0.482 e. The summed E-state index contributed by atoms with van der Waals surface area (Å²) in [4.78, 5) is 30.4. The normalized spacial score (nSPS) is 12.9. The van der Waals surface area contributed by atoms with E-state index >= 15 is 0 Å². The molecule has 1 aliphatic heterocycles. The number of nitrogens with zero attached hydrogens (tertiary/aromatic N) is 1. The SMILES string of the molecule is O=C1COc2cc3[nH]c(Nc4cccc(C(=O)NO)c4)nc3cc2N1. The number of imidazole rings is 1. The van der Waals surface area contributed by atoms with Gasteiger partial charge in [0, 0.05) is 17.3 Å². The Kier molecular flexibility index (Phi) is 3.47. The molecule has 0 spiro atoms. The molecule has 0 fully saturated rings. The topological polar surface area (TPSA) is 128 Å². The molecule has 2 heterocycles. The Hall–Kier alpha value is -3.59. The molecule has 9 nitrogen and oxygen atoms in total. The second kappa shape index (κ2) is 5.80. The molecule has 0 aliphatic carbocycles. The molecular formula is C16H13N5O4. The Morgan fingerprint density at radius 1 is 1.28 bits per heavy atom. The van der Waals surface area contributed by atoms with Crippen LogP contribution in [0.25, 0.3) is 11.0 Å². The fourth-order valence-electron chi connectivity index (χ4n) is 2.58. The van der Waals surface area contributed by atoms with Gasteiger partial charge in [-0.3, -0.25) is 14.8 Å². The number of hydrogen-bond acceptors (Lipinski definition) is 6. The van der Waals surface area contributed by atoms with Gasteiger partial charge in [-0.2, -0.15) is 0 Å². The van der Waals surface area contributed by atoms with Gasteiger partial charge in [0.2, 0.25) is 5.95 Å². The number of hydroxylamine groups is 1. The minimum atomic E-state index is -0.603. The maximum atomic E-state index is 11.5. The number of aromatic amines is 1. The highest BCUT2D eigenvalue weighted by Crippen LogP contribution is 2.32. The third-order valence-electron chi connectivity index (χ3n) is 3.71. The summed E-state index contributed by atoms with van der Waals surface area (Å²) in [5.74, 6) is 0.225. The predicted molar refractivity (Wildman–Crippen MR) is 89.2 cm³/mol. The number of H-pyrrole nitrogens is 1. The van der Waals surface area contributed by atoms with Gasteiger partial charge in [0.15, 0.2) is 6.61 Å². The highest BCUT2D eigenvalue weighted by Gasteiger charge is 2.18. The second-order valence-electron chi connectivity index (χ2n) is 5.43. The van der Waals surface area contributed by atoms with E-state index in [0.29, 0.717) is 34.2 Å². The van der Waals surface area contributed by atoms with Crippen molar-refractivity contribution < 1.29 is 19.5 Å². The maximum Gasteiger partial charge on any atom is 0.274 e. The highest BCUT2D eigenvalue weighted by molar-refractivity contribution is 5.98. The lowest BCUT2D eigenvalue weighted by molar-refractivity contribution is -0.118. The number of rotatable bonds is 3. The Labute approximate surface area is 141 Å². The highest BCUT2D eigenvalue weighted by atomic mass is 16.5. The van der Waals surface area contributed by atoms with Crippen LogP contribution in [0.5, 0.6) is 5.75 Å². The smallest absolute Gasteiger partial charge is 0.274 e. The summed E-state index contributed by atoms with van der Waals surface area (Å²) in [7, 11) is 0. The molecule has 0 radical (unpaired) electrons. The number of amides is 2. The van der Waals surface area contributed by atoms with Crippen LogP contribution < -0.4 is 20.9 Å². The van der Waals surface area contributed by atoms with E-state index in [9.17, 15) is 9.59 Å². The molecule has 25 heavy (non-hydrogen) atoms. The number of fused-ring (bicyclic) bond motifs is 2. The first-order chi connectivity index (χ1) is 12.1. The molecule has 0 saturated carbocycles. The van der Waals surface area contributed by atoms with Gasteiger partial charge in [0.1, 0.15) is 5.75 Å². The third-order valence-corrected chi connectivity index (χ3v) is 3.71. The molecule has 4 rings (SSSR count). The van der Waals surface area contributed by atoms with E-state index in [1.807, 2.05) is 0 Å². The van der Waals surface area contributed by atoms with Crippen molar-refractivity contribution in [2.45, 2.75) is 0 Å². The van der Waals surface area contributed by atoms with Crippen LogP contribution in [0, 0.1) is 0 Å². The molecule has 2 amide bonds. The van der Waals surface area contributed by atoms with Gasteiger partial charge in [0.25, 0.3) is 11.8 Å². The Morgan fingerprint density at radius 3 is 3.00 bits per heavy atom. The molecule has 5 N–H and O–H groups in total. The lowest BCUT2D eigenvalue weighted by atomic mass is 10.2. The fourth-order valence-corrected chi connectivity index (χ4v) is 2.58. The van der Waals surface area contributed by atoms with E-state index in [-0.39, 0.29) is 12.5 Å². The second-order valence-corrected chi connectivity index (χ2v) is 5.43. The molecule has 3 aromatic rings. The van der Waals surface area contributed by atoms with Crippen molar-refractivity contribution in [3.8, 4) is 5.75 Å². The van der Waals surface area contributed by atoms with Crippen LogP contribution in [-0.4, -0.2) is 33.6 Å². The van der Waals surface area contributed by atoms with Crippen LogP contribution >= 0.6 is 0 Å². The Balaban J connectivity index is 1.64. The van der Waals surface area contributed by atoms with E-state index < -0.39 is 5.91 Å². The molecule has 0 saturated heterocycles. The molecular weight excluding hydrogens is 326 g/mol. The number of ether oxygens (including phenoxy) is 1. The fraction of sp³-hybridized carbons (Fsp3) is 0.0625. The Morgan fingerprint density at radius 2 is 2.16 bits per heavy atom. The summed E-state index contributed by atoms with van der Waals surface area (Å²) in [5, 5.41) is 14.5. The van der Waals surface area contributed by atoms with Crippen LogP contribution in [0.2, 0.25) is 0 Å². The monoisotopic (exact) mass is 339 g/mol. The van der Waals surface area contributed by atoms with Crippen LogP contribution in [0.4, 0.5) is 17.3 Å². The quantitative estimate of drug-likeness (QED) is 0.365. The first kappa shape index (κ1) is 15.0. The van der Waals surface area contributed by atoms with E-state index in [2.05, 4.69) is 20.6 Å². The first-order valence-electron chi connectivity index (χ1n) is 7.40. The van der Waals surface area contributed by atoms with Crippen LogP contribution in [0.15, 0.2) is 36.4 Å². The lowest BCUT2D eigenvalue weighted by Crippen LogP contribution is -2.25. The zero-order valence-electron chi connectivity index (χ0n) is 12.8. The average molecular weight is 339 g/mol. The van der Waals surface area contributed by atoms with Gasteiger partial charge < -0.3 is 20.4 Å². The molecule has 0 unspecified atom stereocenters. The van der Waals surface area contributed by atoms with Gasteiger partial charge in [-0.05, 0) is 24.3 Å². The minimum Gasteiger partial charge on any atom is -0.482 e. The minimum absolute atomic E-state index is 0.0164. The van der Waals surface area contributed by atoms with Gasteiger partial charge in [-0.1, -0.05) is 6.07 Å². The standard InChI is InChI=1S/C16H13N5O4/c22-14-7-25-13-6-11-10(5-12(13)18-14)19-16(20-11)17-9-3-1-2-8(4-9)15(23)21-24/h1-6,24H,7H2,(H,18,22)(H,21,23)(H2,17,19,20). The van der Waals surface area contributed by atoms with E-state index in [4.69, 9.17) is 9.94 Å². The summed E-state index contributed by atoms with van der Waals surface area (Å²) >= 11 is 0. The van der Waals surface area contributed by atoms with E-state index in [1.54, 1.807) is 41.9 Å². The van der Waals surface area contributed by atoms with Crippen molar-refractivity contribution in [2.75, 3.05) is 17.2 Å². The van der Waals surface area contributed by atoms with Crippen molar-refractivity contribution in [2.24, 2.45) is 0 Å². The molecule has 2 aromatic carbocycles. The summed E-state index contributed by atoms with van der Waals surface area (Å²) in [6.07, 6.45) is 0. The zero-order chi connectivity index (χ0) is 17.4. The summed E-state index contributed by atoms with van der Waals surface area (Å²) in [5.41, 5.74) is 4.47. The first-order valence-corrected chi connectivity index (χ1v) is 7.40. The van der Waals surface area contributed by atoms with Gasteiger partial charge >= 0.3 is 0 Å². The average Bonchev–Trinajstić information content (AvgIpc) is 3.00. The number of anilines is 3. The van der Waals surface area contributed by atoms with Crippen molar-refractivity contribution in [1.29, 1.82) is 0 Å². The molecule has 9 heteroatoms. The number of benzene rings is 2. The van der Waals surface area contributed by atoms with E-state index in [0.717, 1.165) is 5.52 Å². The lowest BCUT2D eigenvalue weighted by Gasteiger charge is -2.17. The number of nitrogens with one attached hydrogen (secondary N) is 4. The van der Waals surface area contributed by atoms with Crippen molar-refractivity contribution in [3.05, 3.63) is 42.0 Å². The molecule has 1 aromatic heterocycles. The molecule has 0 atom stereocenters. The van der Waals surface area contributed by atoms with Crippen molar-refractivity contribution in [3.63, 3.8) is 0 Å². The maximum absolute atomic E-state index is 11.5. The predicted octanol–water partition coefficient (Wildman–Crippen LogP) is 1.76. The molecule has 126 valence electrons. The van der Waals surface area contributed by atoms with Crippen LogP contribution in [0.1, 0.15) is 10.4 Å². The molecule has 1 aliphatic rings. The van der Waals surface area contributed by atoms with Gasteiger partial charge in [-0.25, -0.2) is 10.5 Å². The van der Waals surface area contributed by atoms with Gasteiger partial charge in [-0.15, -0.1) is 0 Å². The van der Waals surface area contributed by atoms with Crippen molar-refractivity contribution in [1.82, 2.24) is 15.4 Å². The molecule has 0 bridgehead atoms. The summed E-state index contributed by atoms with van der Waals surface area (Å²) in [6.45, 7) is -0.0164. The van der Waals surface area contributed by atoms with Crippen LogP contribution in [-0.2, 0) is 4.79 Å². The number of carbonyl (C=O) groups excluding carboxylic acids is 2.